The minimum absolute atomic E-state index is 0.212. The third kappa shape index (κ3) is 5.70. The van der Waals surface area contributed by atoms with Gasteiger partial charge in [0.25, 0.3) is 0 Å². The van der Waals surface area contributed by atoms with E-state index in [2.05, 4.69) is 24.0 Å². The summed E-state index contributed by atoms with van der Waals surface area (Å²) in [5.41, 5.74) is 0.815. The minimum Gasteiger partial charge on any atom is -0.427 e. The molecule has 9 heteroatoms. The normalized spacial score (nSPS) is 21.3. The van der Waals surface area contributed by atoms with Crippen molar-refractivity contribution in [3.05, 3.63) is 41.2 Å². The second kappa shape index (κ2) is 9.38. The third-order valence-corrected chi connectivity index (χ3v) is 5.80. The van der Waals surface area contributed by atoms with Crippen LogP contribution in [0.1, 0.15) is 83.4 Å². The highest BCUT2D eigenvalue weighted by Crippen LogP contribution is 2.36. The Morgan fingerprint density at radius 1 is 1.12 bits per heavy atom. The number of ether oxygens (including phenoxy) is 2. The number of halogens is 1. The first-order valence-corrected chi connectivity index (χ1v) is 11.6. The Bertz CT molecular complexity index is 993. The maximum Gasteiger partial charge on any atom is 0.528 e. The summed E-state index contributed by atoms with van der Waals surface area (Å²) in [4.78, 5) is 17.7. The van der Waals surface area contributed by atoms with Gasteiger partial charge >= 0.3 is 6.16 Å². The summed E-state index contributed by atoms with van der Waals surface area (Å²) < 4.78 is 27.4. The van der Waals surface area contributed by atoms with E-state index in [4.69, 9.17) is 14.3 Å². The van der Waals surface area contributed by atoms with Gasteiger partial charge in [-0.3, -0.25) is 4.57 Å². The van der Waals surface area contributed by atoms with Crippen molar-refractivity contribution in [1.29, 1.82) is 0 Å². The molecule has 2 aromatic rings. The Kier molecular flexibility index (Phi) is 6.72. The molecule has 1 aromatic heterocycles. The number of rotatable bonds is 4. The highest BCUT2D eigenvalue weighted by atomic mass is 19.1. The first kappa shape index (κ1) is 23.6. The van der Waals surface area contributed by atoms with Crippen LogP contribution in [-0.4, -0.2) is 43.8 Å². The van der Waals surface area contributed by atoms with E-state index < -0.39 is 11.8 Å². The Balaban J connectivity index is 1.60. The Morgan fingerprint density at radius 2 is 1.85 bits per heavy atom. The van der Waals surface area contributed by atoms with E-state index in [-0.39, 0.29) is 37.0 Å². The van der Waals surface area contributed by atoms with Crippen LogP contribution in [0.4, 0.5) is 9.18 Å². The van der Waals surface area contributed by atoms with Gasteiger partial charge in [0.15, 0.2) is 5.82 Å². The molecule has 0 saturated heterocycles. The molecule has 2 aliphatic rings. The van der Waals surface area contributed by atoms with Crippen molar-refractivity contribution in [2.24, 2.45) is 0 Å². The number of benzene rings is 1. The van der Waals surface area contributed by atoms with E-state index in [1.807, 2.05) is 4.57 Å². The summed E-state index contributed by atoms with van der Waals surface area (Å²) in [6.45, 7) is 9.86. The van der Waals surface area contributed by atoms with E-state index in [1.54, 1.807) is 26.8 Å². The molecule has 0 radical (unpaired) electrons. The monoisotopic (exact) mass is 460 g/mol. The van der Waals surface area contributed by atoms with Crippen LogP contribution in [0.25, 0.3) is 5.69 Å². The topological polar surface area (TPSA) is 78.7 Å². The first-order valence-electron chi connectivity index (χ1n) is 11.6. The fourth-order valence-corrected chi connectivity index (χ4v) is 4.54. The number of fused-ring (bicyclic) bond motifs is 3. The maximum absolute atomic E-state index is 14.1. The molecule has 1 fully saturated rings. The summed E-state index contributed by atoms with van der Waals surface area (Å²) >= 11 is 0. The fourth-order valence-electron chi connectivity index (χ4n) is 4.54. The van der Waals surface area contributed by atoms with Gasteiger partial charge in [0.05, 0.1) is 31.0 Å². The molecule has 180 valence electrons. The van der Waals surface area contributed by atoms with Crippen molar-refractivity contribution >= 4 is 6.16 Å². The van der Waals surface area contributed by atoms with E-state index in [9.17, 15) is 9.18 Å². The first-order chi connectivity index (χ1) is 15.6. The SMILES string of the molecule is CC(C)OC1CCC(c2nnc3n2-c2ccc(F)cc2CN(OC(=O)OC(C)(C)C)C3)CC1. The number of carbonyl (C=O) groups is 1. The summed E-state index contributed by atoms with van der Waals surface area (Å²) in [7, 11) is 0. The standard InChI is InChI=1S/C24H33FN4O4/c1-15(2)31-19-9-6-16(7-10-19)22-27-26-21-14-28(33-23(30)32-24(3,4)5)13-17-12-18(25)8-11-20(17)29(21)22/h8,11-12,15-16,19H,6-7,9-10,13-14H2,1-5H3. The summed E-state index contributed by atoms with van der Waals surface area (Å²) in [6.07, 6.45) is 3.51. The number of aromatic nitrogens is 3. The fraction of sp³-hybridized carbons (Fsp3) is 0.625. The smallest absolute Gasteiger partial charge is 0.427 e. The van der Waals surface area contributed by atoms with Crippen molar-refractivity contribution < 1.29 is 23.5 Å². The lowest BCUT2D eigenvalue weighted by Gasteiger charge is -2.29. The average Bonchev–Trinajstić information content (AvgIpc) is 3.03. The van der Waals surface area contributed by atoms with E-state index in [1.165, 1.54) is 17.2 Å². The van der Waals surface area contributed by atoms with Crippen LogP contribution in [-0.2, 0) is 27.4 Å². The lowest BCUT2D eigenvalue weighted by molar-refractivity contribution is -0.155. The van der Waals surface area contributed by atoms with Gasteiger partial charge in [-0.2, -0.15) is 0 Å². The van der Waals surface area contributed by atoms with Gasteiger partial charge in [-0.05, 0) is 84.1 Å². The van der Waals surface area contributed by atoms with Crippen LogP contribution in [0, 0.1) is 5.82 Å². The molecule has 8 nitrogen and oxygen atoms in total. The maximum atomic E-state index is 14.1. The van der Waals surface area contributed by atoms with Crippen LogP contribution in [0.3, 0.4) is 0 Å². The van der Waals surface area contributed by atoms with Crippen molar-refractivity contribution in [3.8, 4) is 5.69 Å². The zero-order valence-electron chi connectivity index (χ0n) is 20.0. The Morgan fingerprint density at radius 3 is 2.52 bits per heavy atom. The number of hydrogen-bond donors (Lipinski definition) is 0. The highest BCUT2D eigenvalue weighted by Gasteiger charge is 2.32. The summed E-state index contributed by atoms with van der Waals surface area (Å²) in [5.74, 6) is 1.38. The Hall–Kier alpha value is -2.52. The number of hydroxylamine groups is 2. The lowest BCUT2D eigenvalue weighted by atomic mass is 9.86. The molecule has 1 aromatic carbocycles. The Labute approximate surface area is 194 Å². The van der Waals surface area contributed by atoms with E-state index >= 15 is 0 Å². The lowest BCUT2D eigenvalue weighted by Crippen LogP contribution is -2.31. The summed E-state index contributed by atoms with van der Waals surface area (Å²) in [5, 5.41) is 10.4. The molecule has 1 aliphatic heterocycles. The number of carbonyl (C=O) groups excluding carboxylic acids is 1. The second-order valence-electron chi connectivity index (χ2n) is 10.1. The second-order valence-corrected chi connectivity index (χ2v) is 10.1. The quantitative estimate of drug-likeness (QED) is 0.592. The predicted octanol–water partition coefficient (Wildman–Crippen LogP) is 5.04. The zero-order chi connectivity index (χ0) is 23.8. The van der Waals surface area contributed by atoms with Crippen molar-refractivity contribution in [2.75, 3.05) is 0 Å². The van der Waals surface area contributed by atoms with Crippen LogP contribution in [0.2, 0.25) is 0 Å². The van der Waals surface area contributed by atoms with Crippen LogP contribution >= 0.6 is 0 Å². The van der Waals surface area contributed by atoms with Gasteiger partial charge in [0, 0.05) is 5.92 Å². The number of nitrogens with zero attached hydrogens (tertiary/aromatic N) is 4. The van der Waals surface area contributed by atoms with Crippen molar-refractivity contribution in [1.82, 2.24) is 19.8 Å². The molecule has 0 unspecified atom stereocenters. The molecule has 1 saturated carbocycles. The summed E-state index contributed by atoms with van der Waals surface area (Å²) in [6, 6.07) is 4.64. The van der Waals surface area contributed by atoms with E-state index in [0.29, 0.717) is 11.4 Å². The molecule has 0 N–H and O–H groups in total. The molecule has 1 aliphatic carbocycles. The van der Waals surface area contributed by atoms with Crippen LogP contribution < -0.4 is 0 Å². The van der Waals surface area contributed by atoms with Crippen molar-refractivity contribution in [3.63, 3.8) is 0 Å². The van der Waals surface area contributed by atoms with Gasteiger partial charge in [0.2, 0.25) is 0 Å². The molecule has 33 heavy (non-hydrogen) atoms. The van der Waals surface area contributed by atoms with Gasteiger partial charge in [0.1, 0.15) is 17.2 Å². The van der Waals surface area contributed by atoms with Crippen LogP contribution in [0.5, 0.6) is 0 Å². The van der Waals surface area contributed by atoms with Crippen molar-refractivity contribution in [2.45, 2.75) is 97.1 Å². The molecule has 0 spiro atoms. The molecule has 0 bridgehead atoms. The van der Waals surface area contributed by atoms with Gasteiger partial charge in [-0.25, -0.2) is 9.18 Å². The zero-order valence-corrected chi connectivity index (χ0v) is 20.0. The average molecular weight is 461 g/mol. The molecule has 0 amide bonds. The molecule has 4 rings (SSSR count). The third-order valence-electron chi connectivity index (χ3n) is 5.80. The van der Waals surface area contributed by atoms with Gasteiger partial charge in [-0.15, -0.1) is 15.3 Å². The molecular weight excluding hydrogens is 427 g/mol. The van der Waals surface area contributed by atoms with Crippen LogP contribution in [0.15, 0.2) is 18.2 Å². The highest BCUT2D eigenvalue weighted by molar-refractivity contribution is 5.60. The molecule has 0 atom stereocenters. The van der Waals surface area contributed by atoms with E-state index in [0.717, 1.165) is 37.2 Å². The van der Waals surface area contributed by atoms with Gasteiger partial charge in [-0.1, -0.05) is 0 Å². The predicted molar refractivity (Wildman–Crippen MR) is 119 cm³/mol. The molecule has 2 heterocycles. The van der Waals surface area contributed by atoms with Gasteiger partial charge < -0.3 is 14.3 Å². The number of hydrogen-bond acceptors (Lipinski definition) is 7. The minimum atomic E-state index is -0.808. The molecular formula is C24H33FN4O4. The largest absolute Gasteiger partial charge is 0.528 e.